The number of nitrogens with one attached hydrogen (secondary N) is 1. The third kappa shape index (κ3) is 4.48. The van der Waals surface area contributed by atoms with Crippen LogP contribution in [0, 0.1) is 5.92 Å². The summed E-state index contributed by atoms with van der Waals surface area (Å²) in [5.74, 6) is 0.550. The number of ether oxygens (including phenoxy) is 1. The predicted molar refractivity (Wildman–Crippen MR) is 111 cm³/mol. The first kappa shape index (κ1) is 20.4. The minimum Gasteiger partial charge on any atom is -0.406 e. The maximum atomic E-state index is 12.3. The highest BCUT2D eigenvalue weighted by Crippen LogP contribution is 2.30. The van der Waals surface area contributed by atoms with Gasteiger partial charge >= 0.3 is 6.36 Å². The van der Waals surface area contributed by atoms with Crippen molar-refractivity contribution in [2.45, 2.75) is 24.7 Å². The molecule has 0 saturated heterocycles. The summed E-state index contributed by atoms with van der Waals surface area (Å²) < 4.78 is 42.6. The SMILES string of the molecule is CC1C(Cn2ncc3c(Nc4ccc(OC(F)(F)F)cc4)ncnc32)=CC=CC1Br. The van der Waals surface area contributed by atoms with Crippen molar-refractivity contribution < 1.29 is 17.9 Å². The Bertz CT molecular complexity index is 1110. The van der Waals surface area contributed by atoms with Crippen molar-refractivity contribution >= 4 is 38.5 Å². The van der Waals surface area contributed by atoms with Crippen molar-refractivity contribution in [3.05, 3.63) is 60.6 Å². The van der Waals surface area contributed by atoms with Crippen LogP contribution >= 0.6 is 15.9 Å². The van der Waals surface area contributed by atoms with E-state index in [1.165, 1.54) is 36.2 Å². The van der Waals surface area contributed by atoms with E-state index < -0.39 is 6.36 Å². The number of rotatable bonds is 5. The van der Waals surface area contributed by atoms with E-state index in [1.807, 2.05) is 10.8 Å². The van der Waals surface area contributed by atoms with Gasteiger partial charge in [-0.3, -0.25) is 0 Å². The molecular formula is C20H17BrF3N5O. The average Bonchev–Trinajstić information content (AvgIpc) is 3.10. The minimum absolute atomic E-state index is 0.274. The fourth-order valence-corrected chi connectivity index (χ4v) is 3.68. The first-order valence-electron chi connectivity index (χ1n) is 9.11. The summed E-state index contributed by atoms with van der Waals surface area (Å²) in [6, 6.07) is 5.43. The van der Waals surface area contributed by atoms with E-state index in [2.05, 4.69) is 60.1 Å². The topological polar surface area (TPSA) is 64.9 Å². The molecule has 1 aliphatic carbocycles. The number of allylic oxidation sites excluding steroid dienone is 4. The van der Waals surface area contributed by atoms with Crippen LogP contribution in [0.1, 0.15) is 6.92 Å². The Balaban J connectivity index is 1.55. The highest BCUT2D eigenvalue weighted by molar-refractivity contribution is 9.09. The number of aromatic nitrogens is 4. The summed E-state index contributed by atoms with van der Waals surface area (Å²) >= 11 is 3.65. The fourth-order valence-electron chi connectivity index (χ4n) is 3.16. The molecule has 0 amide bonds. The van der Waals surface area contributed by atoms with E-state index in [0.29, 0.717) is 35.0 Å². The Labute approximate surface area is 178 Å². The van der Waals surface area contributed by atoms with Gasteiger partial charge in [-0.05, 0) is 35.8 Å². The second kappa shape index (κ2) is 8.10. The summed E-state index contributed by atoms with van der Waals surface area (Å²) in [6.07, 6.45) is 4.59. The van der Waals surface area contributed by atoms with Gasteiger partial charge in [0, 0.05) is 10.5 Å². The zero-order chi connectivity index (χ0) is 21.3. The molecule has 3 aromatic rings. The molecule has 2 aromatic heterocycles. The molecule has 0 fully saturated rings. The van der Waals surface area contributed by atoms with E-state index >= 15 is 0 Å². The molecule has 0 bridgehead atoms. The highest BCUT2D eigenvalue weighted by Gasteiger charge is 2.31. The van der Waals surface area contributed by atoms with Gasteiger partial charge in [0.1, 0.15) is 17.9 Å². The van der Waals surface area contributed by atoms with Crippen molar-refractivity contribution in [1.29, 1.82) is 0 Å². The summed E-state index contributed by atoms with van der Waals surface area (Å²) in [5.41, 5.74) is 2.45. The number of hydrogen-bond donors (Lipinski definition) is 1. The summed E-state index contributed by atoms with van der Waals surface area (Å²) in [4.78, 5) is 8.88. The van der Waals surface area contributed by atoms with Crippen molar-refractivity contribution in [3.63, 3.8) is 0 Å². The van der Waals surface area contributed by atoms with Crippen LogP contribution in [-0.4, -0.2) is 30.9 Å². The smallest absolute Gasteiger partial charge is 0.406 e. The Hall–Kier alpha value is -2.88. The Morgan fingerprint density at radius 2 is 1.97 bits per heavy atom. The summed E-state index contributed by atoms with van der Waals surface area (Å²) in [6.45, 7) is 2.74. The number of hydrogen-bond acceptors (Lipinski definition) is 5. The molecule has 156 valence electrons. The normalized spacial score (nSPS) is 19.0. The molecule has 2 atom stereocenters. The lowest BCUT2D eigenvalue weighted by atomic mass is 9.93. The zero-order valence-electron chi connectivity index (χ0n) is 15.8. The largest absolute Gasteiger partial charge is 0.573 e. The lowest BCUT2D eigenvalue weighted by molar-refractivity contribution is -0.274. The second-order valence-corrected chi connectivity index (χ2v) is 7.88. The minimum atomic E-state index is -4.72. The van der Waals surface area contributed by atoms with Gasteiger partial charge in [0.15, 0.2) is 5.65 Å². The van der Waals surface area contributed by atoms with Crippen LogP contribution in [-0.2, 0) is 6.54 Å². The van der Waals surface area contributed by atoms with Crippen LogP contribution in [0.5, 0.6) is 5.75 Å². The number of alkyl halides is 4. The molecule has 0 spiro atoms. The number of halogens is 4. The van der Waals surface area contributed by atoms with Gasteiger partial charge in [0.2, 0.25) is 0 Å². The van der Waals surface area contributed by atoms with E-state index in [0.717, 1.165) is 0 Å². The molecule has 0 saturated carbocycles. The predicted octanol–water partition coefficient (Wildman–Crippen LogP) is 5.36. The summed E-state index contributed by atoms with van der Waals surface area (Å²) in [7, 11) is 0. The molecule has 1 N–H and O–H groups in total. The van der Waals surface area contributed by atoms with Crippen LogP contribution in [0.2, 0.25) is 0 Å². The van der Waals surface area contributed by atoms with Crippen LogP contribution in [0.15, 0.2) is 60.6 Å². The molecule has 1 aromatic carbocycles. The number of benzene rings is 1. The summed E-state index contributed by atoms with van der Waals surface area (Å²) in [5, 5.41) is 8.26. The van der Waals surface area contributed by atoms with Crippen molar-refractivity contribution in [2.75, 3.05) is 5.32 Å². The highest BCUT2D eigenvalue weighted by atomic mass is 79.9. The monoisotopic (exact) mass is 479 g/mol. The van der Waals surface area contributed by atoms with E-state index in [9.17, 15) is 13.2 Å². The molecule has 2 unspecified atom stereocenters. The lowest BCUT2D eigenvalue weighted by Gasteiger charge is -2.22. The average molecular weight is 480 g/mol. The molecular weight excluding hydrogens is 463 g/mol. The van der Waals surface area contributed by atoms with Gasteiger partial charge in [0.05, 0.1) is 18.1 Å². The Kier molecular flexibility index (Phi) is 5.50. The first-order chi connectivity index (χ1) is 14.3. The van der Waals surface area contributed by atoms with E-state index in [-0.39, 0.29) is 10.6 Å². The number of anilines is 2. The van der Waals surface area contributed by atoms with Crippen LogP contribution in [0.3, 0.4) is 0 Å². The first-order valence-corrected chi connectivity index (χ1v) is 10.0. The Morgan fingerprint density at radius 1 is 1.20 bits per heavy atom. The van der Waals surface area contributed by atoms with Crippen LogP contribution in [0.25, 0.3) is 11.0 Å². The van der Waals surface area contributed by atoms with Gasteiger partial charge in [-0.2, -0.15) is 5.10 Å². The Morgan fingerprint density at radius 3 is 2.70 bits per heavy atom. The van der Waals surface area contributed by atoms with Crippen LogP contribution < -0.4 is 10.1 Å². The standard InChI is InChI=1S/C20H17BrF3N5O/c1-12-13(3-2-4-17(12)21)10-29-19-16(9-27-29)18(25-11-26-19)28-14-5-7-15(8-6-14)30-20(22,23)24/h2-9,11-12,17H,10H2,1H3,(H,25,26,28). The zero-order valence-corrected chi connectivity index (χ0v) is 17.4. The maximum absolute atomic E-state index is 12.3. The quantitative estimate of drug-likeness (QED) is 0.498. The van der Waals surface area contributed by atoms with Gasteiger partial charge in [-0.1, -0.05) is 41.1 Å². The second-order valence-electron chi connectivity index (χ2n) is 6.82. The molecule has 10 heteroatoms. The molecule has 1 aliphatic rings. The third-order valence-electron chi connectivity index (χ3n) is 4.78. The molecule has 6 nitrogen and oxygen atoms in total. The molecule has 0 aliphatic heterocycles. The number of fused-ring (bicyclic) bond motifs is 1. The van der Waals surface area contributed by atoms with E-state index in [4.69, 9.17) is 0 Å². The lowest BCUT2D eigenvalue weighted by Crippen LogP contribution is -2.18. The molecule has 4 rings (SSSR count). The van der Waals surface area contributed by atoms with Crippen molar-refractivity contribution in [1.82, 2.24) is 19.7 Å². The van der Waals surface area contributed by atoms with Crippen LogP contribution in [0.4, 0.5) is 24.7 Å². The molecule has 30 heavy (non-hydrogen) atoms. The van der Waals surface area contributed by atoms with Gasteiger partial charge in [-0.25, -0.2) is 14.6 Å². The fraction of sp³-hybridized carbons (Fsp3) is 0.250. The molecule has 0 radical (unpaired) electrons. The van der Waals surface area contributed by atoms with Gasteiger partial charge < -0.3 is 10.1 Å². The third-order valence-corrected chi connectivity index (χ3v) is 5.88. The van der Waals surface area contributed by atoms with E-state index in [1.54, 1.807) is 6.20 Å². The van der Waals surface area contributed by atoms with Crippen molar-refractivity contribution in [2.24, 2.45) is 5.92 Å². The van der Waals surface area contributed by atoms with Gasteiger partial charge in [0.25, 0.3) is 0 Å². The molecule has 2 heterocycles. The number of nitrogens with zero attached hydrogens (tertiary/aromatic N) is 4. The van der Waals surface area contributed by atoms with Gasteiger partial charge in [-0.15, -0.1) is 13.2 Å². The van der Waals surface area contributed by atoms with Crippen molar-refractivity contribution in [3.8, 4) is 5.75 Å². The maximum Gasteiger partial charge on any atom is 0.573 e.